The van der Waals surface area contributed by atoms with Crippen molar-refractivity contribution < 1.29 is 4.39 Å². The second-order valence-electron chi connectivity index (χ2n) is 4.51. The SMILES string of the molecule is N#Cc1cc(F)ccc1Cn1ccnc1-c1ccccn1. The van der Waals surface area contributed by atoms with Gasteiger partial charge >= 0.3 is 0 Å². The van der Waals surface area contributed by atoms with Crippen molar-refractivity contribution in [2.24, 2.45) is 0 Å². The first-order chi connectivity index (χ1) is 10.3. The topological polar surface area (TPSA) is 54.5 Å². The summed E-state index contributed by atoms with van der Waals surface area (Å²) in [5.41, 5.74) is 1.83. The average molecular weight is 278 g/mol. The van der Waals surface area contributed by atoms with E-state index in [9.17, 15) is 4.39 Å². The van der Waals surface area contributed by atoms with Crippen molar-refractivity contribution in [3.05, 3.63) is 71.9 Å². The van der Waals surface area contributed by atoms with E-state index in [1.54, 1.807) is 18.5 Å². The molecule has 5 heteroatoms. The maximum absolute atomic E-state index is 13.2. The standard InChI is InChI=1S/C16H11FN4/c17-14-5-4-12(13(9-14)10-18)11-21-8-7-20-16(21)15-3-1-2-6-19-15/h1-9H,11H2. The second kappa shape index (κ2) is 5.55. The molecule has 0 saturated carbocycles. The highest BCUT2D eigenvalue weighted by molar-refractivity contribution is 5.50. The van der Waals surface area contributed by atoms with Gasteiger partial charge in [0.2, 0.25) is 0 Å². The highest BCUT2D eigenvalue weighted by Gasteiger charge is 2.10. The van der Waals surface area contributed by atoms with Crippen LogP contribution in [0.4, 0.5) is 4.39 Å². The normalized spacial score (nSPS) is 10.3. The predicted octanol–water partition coefficient (Wildman–Crippen LogP) is 3.00. The maximum Gasteiger partial charge on any atom is 0.158 e. The molecule has 0 aliphatic carbocycles. The van der Waals surface area contributed by atoms with Gasteiger partial charge in [-0.2, -0.15) is 5.26 Å². The highest BCUT2D eigenvalue weighted by atomic mass is 19.1. The molecule has 21 heavy (non-hydrogen) atoms. The molecule has 102 valence electrons. The van der Waals surface area contributed by atoms with E-state index in [0.717, 1.165) is 11.3 Å². The summed E-state index contributed by atoms with van der Waals surface area (Å²) in [6.07, 6.45) is 5.20. The first-order valence-electron chi connectivity index (χ1n) is 6.39. The Balaban J connectivity index is 1.98. The monoisotopic (exact) mass is 278 g/mol. The molecule has 2 aromatic heterocycles. The Kier molecular flexibility index (Phi) is 3.44. The molecule has 0 aliphatic rings. The molecule has 0 N–H and O–H groups in total. The summed E-state index contributed by atoms with van der Waals surface area (Å²) in [4.78, 5) is 8.57. The highest BCUT2D eigenvalue weighted by Crippen LogP contribution is 2.18. The molecule has 1 aromatic carbocycles. The zero-order valence-electron chi connectivity index (χ0n) is 11.1. The van der Waals surface area contributed by atoms with Crippen LogP contribution < -0.4 is 0 Å². The average Bonchev–Trinajstić information content (AvgIpc) is 2.98. The molecular formula is C16H11FN4. The minimum atomic E-state index is -0.411. The van der Waals surface area contributed by atoms with Gasteiger partial charge in [-0.05, 0) is 29.8 Å². The van der Waals surface area contributed by atoms with Crippen molar-refractivity contribution >= 4 is 0 Å². The van der Waals surface area contributed by atoms with E-state index in [-0.39, 0.29) is 0 Å². The molecule has 0 atom stereocenters. The molecule has 0 bridgehead atoms. The third-order valence-electron chi connectivity index (χ3n) is 3.14. The fraction of sp³-hybridized carbons (Fsp3) is 0.0625. The van der Waals surface area contributed by atoms with Crippen LogP contribution in [-0.2, 0) is 6.54 Å². The number of hydrogen-bond acceptors (Lipinski definition) is 3. The van der Waals surface area contributed by atoms with Crippen molar-refractivity contribution in [3.63, 3.8) is 0 Å². The number of halogens is 1. The van der Waals surface area contributed by atoms with Crippen molar-refractivity contribution in [1.29, 1.82) is 5.26 Å². The van der Waals surface area contributed by atoms with Crippen molar-refractivity contribution in [2.45, 2.75) is 6.54 Å². The lowest BCUT2D eigenvalue weighted by Crippen LogP contribution is -2.04. The first-order valence-corrected chi connectivity index (χ1v) is 6.39. The number of hydrogen-bond donors (Lipinski definition) is 0. The fourth-order valence-corrected chi connectivity index (χ4v) is 2.14. The van der Waals surface area contributed by atoms with Crippen molar-refractivity contribution in [2.75, 3.05) is 0 Å². The molecular weight excluding hydrogens is 267 g/mol. The van der Waals surface area contributed by atoms with Gasteiger partial charge in [-0.15, -0.1) is 0 Å². The van der Waals surface area contributed by atoms with Gasteiger partial charge in [-0.1, -0.05) is 12.1 Å². The van der Waals surface area contributed by atoms with Crippen LogP contribution in [0.25, 0.3) is 11.5 Å². The Morgan fingerprint density at radius 3 is 2.81 bits per heavy atom. The summed E-state index contributed by atoms with van der Waals surface area (Å²) in [5.74, 6) is 0.301. The molecule has 0 spiro atoms. The third-order valence-corrected chi connectivity index (χ3v) is 3.14. The molecule has 3 aromatic rings. The lowest BCUT2D eigenvalue weighted by molar-refractivity contribution is 0.625. The molecule has 4 nitrogen and oxygen atoms in total. The molecule has 0 aliphatic heterocycles. The van der Waals surface area contributed by atoms with E-state index < -0.39 is 5.82 Å². The van der Waals surface area contributed by atoms with Crippen LogP contribution in [-0.4, -0.2) is 14.5 Å². The molecule has 0 radical (unpaired) electrons. The van der Waals surface area contributed by atoms with E-state index in [0.29, 0.717) is 17.9 Å². The largest absolute Gasteiger partial charge is 0.325 e. The van der Waals surface area contributed by atoms with E-state index in [2.05, 4.69) is 9.97 Å². The Hall–Kier alpha value is -3.00. The number of nitrogens with zero attached hydrogens (tertiary/aromatic N) is 4. The Labute approximate surface area is 121 Å². The lowest BCUT2D eigenvalue weighted by Gasteiger charge is -2.09. The number of pyridine rings is 1. The van der Waals surface area contributed by atoms with Crippen LogP contribution >= 0.6 is 0 Å². The van der Waals surface area contributed by atoms with Gasteiger partial charge in [-0.25, -0.2) is 9.37 Å². The first kappa shape index (κ1) is 13.0. The van der Waals surface area contributed by atoms with Gasteiger partial charge in [0.15, 0.2) is 5.82 Å². The van der Waals surface area contributed by atoms with Crippen LogP contribution in [0.5, 0.6) is 0 Å². The molecule has 3 rings (SSSR count). The maximum atomic E-state index is 13.2. The van der Waals surface area contributed by atoms with E-state index in [1.807, 2.05) is 35.0 Å². The van der Waals surface area contributed by atoms with E-state index in [1.165, 1.54) is 12.1 Å². The molecule has 0 saturated heterocycles. The van der Waals surface area contributed by atoms with Gasteiger partial charge in [0, 0.05) is 18.6 Å². The van der Waals surface area contributed by atoms with Gasteiger partial charge in [-0.3, -0.25) is 4.98 Å². The zero-order valence-corrected chi connectivity index (χ0v) is 11.1. The number of aromatic nitrogens is 3. The quantitative estimate of drug-likeness (QED) is 0.740. The number of benzene rings is 1. The minimum Gasteiger partial charge on any atom is -0.325 e. The summed E-state index contributed by atoms with van der Waals surface area (Å²) in [5, 5.41) is 9.10. The summed E-state index contributed by atoms with van der Waals surface area (Å²) < 4.78 is 15.1. The van der Waals surface area contributed by atoms with E-state index >= 15 is 0 Å². The zero-order chi connectivity index (χ0) is 14.7. The minimum absolute atomic E-state index is 0.329. The van der Waals surface area contributed by atoms with Gasteiger partial charge in [0.05, 0.1) is 18.2 Å². The molecule has 0 unspecified atom stereocenters. The Morgan fingerprint density at radius 1 is 1.14 bits per heavy atom. The van der Waals surface area contributed by atoms with Crippen LogP contribution in [0.15, 0.2) is 55.0 Å². The Morgan fingerprint density at radius 2 is 2.05 bits per heavy atom. The summed E-state index contributed by atoms with van der Waals surface area (Å²) in [6, 6.07) is 11.8. The smallest absolute Gasteiger partial charge is 0.158 e. The Bertz CT molecular complexity index is 803. The fourth-order valence-electron chi connectivity index (χ4n) is 2.14. The third kappa shape index (κ3) is 2.65. The lowest BCUT2D eigenvalue weighted by atomic mass is 10.1. The van der Waals surface area contributed by atoms with Crippen LogP contribution in [0, 0.1) is 17.1 Å². The van der Waals surface area contributed by atoms with Crippen molar-refractivity contribution in [1.82, 2.24) is 14.5 Å². The molecule has 0 amide bonds. The number of nitriles is 1. The second-order valence-corrected chi connectivity index (χ2v) is 4.51. The number of rotatable bonds is 3. The molecule has 2 heterocycles. The van der Waals surface area contributed by atoms with Gasteiger partial charge in [0.1, 0.15) is 11.5 Å². The van der Waals surface area contributed by atoms with Crippen molar-refractivity contribution in [3.8, 4) is 17.6 Å². The van der Waals surface area contributed by atoms with Gasteiger partial charge in [0.25, 0.3) is 0 Å². The summed E-state index contributed by atoms with van der Waals surface area (Å²) >= 11 is 0. The summed E-state index contributed by atoms with van der Waals surface area (Å²) in [7, 11) is 0. The van der Waals surface area contributed by atoms with Crippen LogP contribution in [0.2, 0.25) is 0 Å². The summed E-state index contributed by atoms with van der Waals surface area (Å²) in [6.45, 7) is 0.440. The van der Waals surface area contributed by atoms with E-state index in [4.69, 9.17) is 5.26 Å². The predicted molar refractivity (Wildman–Crippen MR) is 75.7 cm³/mol. The van der Waals surface area contributed by atoms with Crippen LogP contribution in [0.1, 0.15) is 11.1 Å². The van der Waals surface area contributed by atoms with Crippen LogP contribution in [0.3, 0.4) is 0 Å². The number of imidazole rings is 1. The molecule has 0 fully saturated rings. The van der Waals surface area contributed by atoms with Gasteiger partial charge < -0.3 is 4.57 Å².